The van der Waals surface area contributed by atoms with Crippen LogP contribution in [0, 0.1) is 0 Å². The molecule has 0 aromatic heterocycles. The van der Waals surface area contributed by atoms with Gasteiger partial charge in [0.2, 0.25) is 5.91 Å². The zero-order valence-corrected chi connectivity index (χ0v) is 19.4. The number of halogens is 1. The third kappa shape index (κ3) is 6.63. The molecule has 0 spiro atoms. The van der Waals surface area contributed by atoms with Gasteiger partial charge in [-0.25, -0.2) is 0 Å². The summed E-state index contributed by atoms with van der Waals surface area (Å²) in [5.74, 6) is 0.742. The molecule has 1 aliphatic rings. The number of nitrogens with one attached hydrogen (secondary N) is 1. The van der Waals surface area contributed by atoms with E-state index in [0.717, 1.165) is 37.0 Å². The number of carbonyl (C=O) groups is 2. The molecule has 0 unspecified atom stereocenters. The lowest BCUT2D eigenvalue weighted by Gasteiger charge is -2.31. The summed E-state index contributed by atoms with van der Waals surface area (Å²) < 4.78 is 10.9. The van der Waals surface area contributed by atoms with E-state index in [-0.39, 0.29) is 31.0 Å². The normalized spacial score (nSPS) is 15.0. The summed E-state index contributed by atoms with van der Waals surface area (Å²) in [6, 6.07) is 14.0. The molecular formula is C25H31ClN2O4. The molecule has 2 aromatic rings. The maximum Gasteiger partial charge on any atom is 0.261 e. The quantitative estimate of drug-likeness (QED) is 0.596. The Morgan fingerprint density at radius 1 is 1.09 bits per heavy atom. The summed E-state index contributed by atoms with van der Waals surface area (Å²) in [5, 5.41) is 3.56. The van der Waals surface area contributed by atoms with Crippen LogP contribution in [-0.2, 0) is 16.1 Å². The molecule has 1 fully saturated rings. The molecule has 1 saturated carbocycles. The fraction of sp³-hybridized carbons (Fsp3) is 0.440. The highest BCUT2D eigenvalue weighted by Crippen LogP contribution is 2.23. The lowest BCUT2D eigenvalue weighted by Crippen LogP contribution is -2.51. The molecule has 1 atom stereocenters. The van der Waals surface area contributed by atoms with Gasteiger partial charge in [0.25, 0.3) is 5.91 Å². The Morgan fingerprint density at radius 2 is 1.78 bits per heavy atom. The fourth-order valence-electron chi connectivity index (χ4n) is 3.86. The average Bonchev–Trinajstić information content (AvgIpc) is 2.82. The molecule has 1 N–H and O–H groups in total. The van der Waals surface area contributed by atoms with Crippen molar-refractivity contribution in [2.45, 2.75) is 57.7 Å². The van der Waals surface area contributed by atoms with Crippen molar-refractivity contribution in [1.82, 2.24) is 10.2 Å². The Kier molecular flexibility index (Phi) is 8.80. The minimum Gasteiger partial charge on any atom is -0.497 e. The maximum atomic E-state index is 13.1. The van der Waals surface area contributed by atoms with Gasteiger partial charge in [0.1, 0.15) is 17.5 Å². The number of ether oxygens (including phenoxy) is 2. The van der Waals surface area contributed by atoms with E-state index in [1.54, 1.807) is 43.2 Å². The highest BCUT2D eigenvalue weighted by atomic mass is 35.5. The van der Waals surface area contributed by atoms with Crippen molar-refractivity contribution >= 4 is 23.4 Å². The number of benzene rings is 2. The number of para-hydroxylation sites is 1. The predicted molar refractivity (Wildman–Crippen MR) is 125 cm³/mol. The van der Waals surface area contributed by atoms with Crippen LogP contribution in [0.5, 0.6) is 11.5 Å². The van der Waals surface area contributed by atoms with E-state index in [1.165, 1.54) is 6.42 Å². The van der Waals surface area contributed by atoms with Crippen molar-refractivity contribution in [2.75, 3.05) is 13.7 Å². The summed E-state index contributed by atoms with van der Waals surface area (Å²) in [6.45, 7) is 1.84. The van der Waals surface area contributed by atoms with Crippen LogP contribution in [0.15, 0.2) is 48.5 Å². The van der Waals surface area contributed by atoms with Gasteiger partial charge in [0, 0.05) is 12.6 Å². The van der Waals surface area contributed by atoms with Crippen molar-refractivity contribution in [1.29, 1.82) is 0 Å². The zero-order valence-electron chi connectivity index (χ0n) is 18.7. The van der Waals surface area contributed by atoms with Crippen molar-refractivity contribution in [3.05, 3.63) is 59.1 Å². The molecular weight excluding hydrogens is 428 g/mol. The topological polar surface area (TPSA) is 67.9 Å². The number of amides is 2. The monoisotopic (exact) mass is 458 g/mol. The summed E-state index contributed by atoms with van der Waals surface area (Å²) in [6.07, 6.45) is 5.43. The molecule has 3 rings (SSSR count). The summed E-state index contributed by atoms with van der Waals surface area (Å²) in [5.41, 5.74) is 0.897. The molecule has 2 amide bonds. The van der Waals surface area contributed by atoms with Crippen LogP contribution >= 0.6 is 11.6 Å². The van der Waals surface area contributed by atoms with Crippen LogP contribution < -0.4 is 14.8 Å². The van der Waals surface area contributed by atoms with E-state index >= 15 is 0 Å². The van der Waals surface area contributed by atoms with Gasteiger partial charge in [0.05, 0.1) is 12.1 Å². The second-order valence-electron chi connectivity index (χ2n) is 8.11. The number of hydrogen-bond acceptors (Lipinski definition) is 4. The van der Waals surface area contributed by atoms with Gasteiger partial charge in [-0.2, -0.15) is 0 Å². The molecule has 7 heteroatoms. The molecule has 32 heavy (non-hydrogen) atoms. The first-order chi connectivity index (χ1) is 15.5. The summed E-state index contributed by atoms with van der Waals surface area (Å²) in [4.78, 5) is 27.7. The predicted octanol–water partition coefficient (Wildman–Crippen LogP) is 4.59. The highest BCUT2D eigenvalue weighted by molar-refractivity contribution is 6.32. The van der Waals surface area contributed by atoms with Crippen molar-refractivity contribution in [3.63, 3.8) is 0 Å². The average molecular weight is 459 g/mol. The number of rotatable bonds is 9. The van der Waals surface area contributed by atoms with E-state index < -0.39 is 6.04 Å². The minimum absolute atomic E-state index is 0.142. The van der Waals surface area contributed by atoms with Gasteiger partial charge in [-0.05, 0) is 49.6 Å². The molecule has 0 aliphatic heterocycles. The summed E-state index contributed by atoms with van der Waals surface area (Å²) in [7, 11) is 1.61. The minimum atomic E-state index is -0.638. The second-order valence-corrected chi connectivity index (χ2v) is 8.52. The summed E-state index contributed by atoms with van der Waals surface area (Å²) >= 11 is 6.14. The van der Waals surface area contributed by atoms with E-state index in [2.05, 4.69) is 5.32 Å². The van der Waals surface area contributed by atoms with Gasteiger partial charge >= 0.3 is 0 Å². The zero-order chi connectivity index (χ0) is 22.9. The van der Waals surface area contributed by atoms with Gasteiger partial charge in [-0.15, -0.1) is 0 Å². The first-order valence-corrected chi connectivity index (χ1v) is 11.5. The number of nitrogens with zero attached hydrogens (tertiary/aromatic N) is 1. The maximum absolute atomic E-state index is 13.1. The van der Waals surface area contributed by atoms with E-state index in [4.69, 9.17) is 21.1 Å². The van der Waals surface area contributed by atoms with E-state index in [9.17, 15) is 9.59 Å². The molecule has 0 bridgehead atoms. The highest BCUT2D eigenvalue weighted by Gasteiger charge is 2.28. The molecule has 0 heterocycles. The van der Waals surface area contributed by atoms with Gasteiger partial charge in [-0.3, -0.25) is 9.59 Å². The molecule has 172 valence electrons. The first-order valence-electron chi connectivity index (χ1n) is 11.1. The van der Waals surface area contributed by atoms with Crippen LogP contribution in [0.1, 0.15) is 44.6 Å². The third-order valence-electron chi connectivity index (χ3n) is 5.82. The Labute approximate surface area is 194 Å². The van der Waals surface area contributed by atoms with Gasteiger partial charge in [0.15, 0.2) is 6.61 Å². The number of hydrogen-bond donors (Lipinski definition) is 1. The third-order valence-corrected chi connectivity index (χ3v) is 6.13. The van der Waals surface area contributed by atoms with Crippen LogP contribution in [0.25, 0.3) is 0 Å². The van der Waals surface area contributed by atoms with E-state index in [1.807, 2.05) is 24.3 Å². The van der Waals surface area contributed by atoms with Gasteiger partial charge in [-0.1, -0.05) is 55.1 Å². The smallest absolute Gasteiger partial charge is 0.261 e. The number of carbonyl (C=O) groups excluding carboxylic acids is 2. The van der Waals surface area contributed by atoms with Crippen molar-refractivity contribution in [2.24, 2.45) is 0 Å². The fourth-order valence-corrected chi connectivity index (χ4v) is 4.05. The van der Waals surface area contributed by atoms with Gasteiger partial charge < -0.3 is 19.7 Å². The van der Waals surface area contributed by atoms with E-state index in [0.29, 0.717) is 10.8 Å². The number of methoxy groups -OCH3 is 1. The molecule has 6 nitrogen and oxygen atoms in total. The standard InChI is InChI=1S/C25H31ClN2O4/c1-18(25(30)27-20-8-4-3-5-9-20)28(16-19-12-14-21(31-2)15-13-19)24(29)17-32-23-11-7-6-10-22(23)26/h6-7,10-15,18,20H,3-5,8-9,16-17H2,1-2H3,(H,27,30)/t18-/m0/s1. The molecule has 0 saturated heterocycles. The van der Waals surface area contributed by atoms with Crippen LogP contribution in [-0.4, -0.2) is 42.5 Å². The molecule has 0 radical (unpaired) electrons. The van der Waals surface area contributed by atoms with Crippen molar-refractivity contribution < 1.29 is 19.1 Å². The first kappa shape index (κ1) is 23.9. The Bertz CT molecular complexity index is 897. The van der Waals surface area contributed by atoms with Crippen molar-refractivity contribution in [3.8, 4) is 11.5 Å². The Morgan fingerprint density at radius 3 is 2.44 bits per heavy atom. The molecule has 2 aromatic carbocycles. The molecule has 1 aliphatic carbocycles. The lowest BCUT2D eigenvalue weighted by atomic mass is 9.95. The Hall–Kier alpha value is -2.73. The Balaban J connectivity index is 1.71. The lowest BCUT2D eigenvalue weighted by molar-refractivity contribution is -0.142. The van der Waals surface area contributed by atoms with Crippen LogP contribution in [0.2, 0.25) is 5.02 Å². The SMILES string of the molecule is COc1ccc(CN(C(=O)COc2ccccc2Cl)[C@@H](C)C(=O)NC2CCCCC2)cc1. The largest absolute Gasteiger partial charge is 0.497 e. The van der Waals surface area contributed by atoms with Crippen LogP contribution in [0.3, 0.4) is 0 Å². The second kappa shape index (κ2) is 11.8. The van der Waals surface area contributed by atoms with Crippen LogP contribution in [0.4, 0.5) is 0 Å².